The van der Waals surface area contributed by atoms with Crippen LogP contribution in [0.3, 0.4) is 0 Å². The molecule has 0 saturated heterocycles. The lowest BCUT2D eigenvalue weighted by molar-refractivity contribution is -0.139. The Morgan fingerprint density at radius 2 is 1.88 bits per heavy atom. The van der Waals surface area contributed by atoms with E-state index in [4.69, 9.17) is 22.4 Å². The van der Waals surface area contributed by atoms with E-state index in [0.29, 0.717) is 5.56 Å². The van der Waals surface area contributed by atoms with E-state index >= 15 is 0 Å². The number of halogens is 4. The number of nitrogens with one attached hydrogen (secondary N) is 1. The van der Waals surface area contributed by atoms with Gasteiger partial charge in [0.25, 0.3) is 0 Å². The summed E-state index contributed by atoms with van der Waals surface area (Å²) >= 11 is 5.23. The zero-order valence-corrected chi connectivity index (χ0v) is 14.2. The number of carboxylic acids is 1. The smallest absolute Gasteiger partial charge is 0.418 e. The number of aliphatic carboxylic acids is 1. The minimum atomic E-state index is -4.50. The molecule has 5 nitrogen and oxygen atoms in total. The highest BCUT2D eigenvalue weighted by molar-refractivity contribution is 6.29. The number of aryl methyl sites for hydroxylation is 1. The van der Waals surface area contributed by atoms with Crippen molar-refractivity contribution in [2.24, 2.45) is 11.7 Å². The van der Waals surface area contributed by atoms with Gasteiger partial charge in [0.15, 0.2) is 0 Å². The normalized spacial score (nSPS) is 12.2. The molecule has 4 N–H and O–H groups in total. The fourth-order valence-electron chi connectivity index (χ4n) is 1.53. The van der Waals surface area contributed by atoms with Crippen LogP contribution in [0, 0.1) is 12.8 Å². The highest BCUT2D eigenvalue weighted by Crippen LogP contribution is 2.36. The second-order valence-electron chi connectivity index (χ2n) is 5.29. The Bertz CT molecular complexity index is 578. The van der Waals surface area contributed by atoms with E-state index in [2.05, 4.69) is 5.32 Å². The Balaban J connectivity index is 0.000000561. The molecule has 0 radical (unpaired) electrons. The van der Waals surface area contributed by atoms with E-state index in [-0.39, 0.29) is 17.5 Å². The topological polar surface area (TPSA) is 92.4 Å². The van der Waals surface area contributed by atoms with Crippen molar-refractivity contribution in [3.63, 3.8) is 0 Å². The lowest BCUT2D eigenvalue weighted by Crippen LogP contribution is -2.34. The van der Waals surface area contributed by atoms with Crippen LogP contribution in [0.25, 0.3) is 0 Å². The number of rotatable bonds is 4. The van der Waals surface area contributed by atoms with Crippen LogP contribution in [0.2, 0.25) is 0 Å². The van der Waals surface area contributed by atoms with Crippen LogP contribution in [0.1, 0.15) is 25.0 Å². The Labute approximate surface area is 143 Å². The number of benzene rings is 1. The van der Waals surface area contributed by atoms with E-state index in [1.807, 2.05) is 0 Å². The molecule has 0 heterocycles. The zero-order valence-electron chi connectivity index (χ0n) is 13.4. The van der Waals surface area contributed by atoms with Crippen molar-refractivity contribution in [3.8, 4) is 0 Å². The molecular weight excluding hydrogens is 349 g/mol. The quantitative estimate of drug-likeness (QED) is 0.711. The molecule has 24 heavy (non-hydrogen) atoms. The summed E-state index contributed by atoms with van der Waals surface area (Å²) in [4.78, 5) is 21.0. The van der Waals surface area contributed by atoms with Gasteiger partial charge >= 0.3 is 12.1 Å². The highest BCUT2D eigenvalue weighted by Gasteiger charge is 2.34. The maximum absolute atomic E-state index is 12.6. The third kappa shape index (κ3) is 7.18. The monoisotopic (exact) mass is 368 g/mol. The van der Waals surface area contributed by atoms with Gasteiger partial charge in [0.05, 0.1) is 11.3 Å². The molecule has 0 bridgehead atoms. The molecule has 0 saturated carbocycles. The molecule has 0 aliphatic rings. The van der Waals surface area contributed by atoms with Gasteiger partial charge in [-0.3, -0.25) is 9.59 Å². The second-order valence-corrected chi connectivity index (χ2v) is 5.55. The van der Waals surface area contributed by atoms with Crippen LogP contribution in [0.15, 0.2) is 18.2 Å². The summed E-state index contributed by atoms with van der Waals surface area (Å²) in [6.45, 7) is 5.04. The maximum atomic E-state index is 12.6. The van der Waals surface area contributed by atoms with Crippen LogP contribution < -0.4 is 11.1 Å². The van der Waals surface area contributed by atoms with E-state index in [1.54, 1.807) is 13.8 Å². The predicted molar refractivity (Wildman–Crippen MR) is 86.0 cm³/mol. The third-order valence-electron chi connectivity index (χ3n) is 2.97. The number of anilines is 1. The second kappa shape index (κ2) is 9.48. The fourth-order valence-corrected chi connectivity index (χ4v) is 1.59. The minimum Gasteiger partial charge on any atom is -0.480 e. The van der Waals surface area contributed by atoms with Crippen molar-refractivity contribution in [1.82, 2.24) is 0 Å². The van der Waals surface area contributed by atoms with E-state index in [0.717, 1.165) is 6.07 Å². The van der Waals surface area contributed by atoms with Crippen LogP contribution in [0.5, 0.6) is 0 Å². The molecule has 136 valence electrons. The standard InChI is InChI=1S/C10H9ClF3NO.C5H11NO2/c1-6-3-2-4-7(10(12,13)14)9(6)15-8(16)5-11;1-3(2)4(6)5(7)8/h2-4H,5H2,1H3,(H,15,16);3-4H,6H2,1-2H3,(H,7,8)/t;4-/m.0/s1. The number of carbonyl (C=O) groups excluding carboxylic acids is 1. The SMILES string of the molecule is CC(C)[C@H](N)C(=O)O.Cc1cccc(C(F)(F)F)c1NC(=O)CCl. The average molecular weight is 369 g/mol. The Morgan fingerprint density at radius 3 is 2.21 bits per heavy atom. The Kier molecular flexibility index (Phi) is 8.77. The van der Waals surface area contributed by atoms with Crippen LogP contribution in [-0.2, 0) is 15.8 Å². The fraction of sp³-hybridized carbons (Fsp3) is 0.467. The number of hydrogen-bond donors (Lipinski definition) is 3. The van der Waals surface area contributed by atoms with Crippen molar-refractivity contribution in [1.29, 1.82) is 0 Å². The molecule has 0 fully saturated rings. The molecule has 1 aromatic rings. The van der Waals surface area contributed by atoms with Gasteiger partial charge in [0.2, 0.25) is 5.91 Å². The van der Waals surface area contributed by atoms with Gasteiger partial charge in [-0.05, 0) is 24.5 Å². The summed E-state index contributed by atoms with van der Waals surface area (Å²) in [6.07, 6.45) is -4.50. The summed E-state index contributed by atoms with van der Waals surface area (Å²) in [5, 5.41) is 10.4. The number of carbonyl (C=O) groups is 2. The summed E-state index contributed by atoms with van der Waals surface area (Å²) in [5.41, 5.74) is 4.40. The largest absolute Gasteiger partial charge is 0.480 e. The molecular formula is C15H20ClF3N2O3. The average Bonchev–Trinajstić information content (AvgIpc) is 2.47. The van der Waals surface area contributed by atoms with E-state index in [9.17, 15) is 22.8 Å². The lowest BCUT2D eigenvalue weighted by Gasteiger charge is -2.15. The molecule has 1 rings (SSSR count). The zero-order chi connectivity index (χ0) is 19.1. The van der Waals surface area contributed by atoms with Crippen LogP contribution in [-0.4, -0.2) is 28.9 Å². The van der Waals surface area contributed by atoms with Crippen LogP contribution >= 0.6 is 11.6 Å². The van der Waals surface area contributed by atoms with Gasteiger partial charge in [0.1, 0.15) is 11.9 Å². The molecule has 1 aromatic carbocycles. The van der Waals surface area contributed by atoms with Crippen molar-refractivity contribution >= 4 is 29.2 Å². The van der Waals surface area contributed by atoms with Gasteiger partial charge in [-0.15, -0.1) is 11.6 Å². The number of hydrogen-bond acceptors (Lipinski definition) is 3. The first-order valence-corrected chi connectivity index (χ1v) is 7.46. The molecule has 0 spiro atoms. The first kappa shape index (κ1) is 22.2. The number of alkyl halides is 4. The minimum absolute atomic E-state index is 0.0208. The van der Waals surface area contributed by atoms with Crippen LogP contribution in [0.4, 0.5) is 18.9 Å². The summed E-state index contributed by atoms with van der Waals surface area (Å²) in [5.74, 6) is -1.96. The Hall–Kier alpha value is -1.80. The number of carboxylic acid groups (broad SMARTS) is 1. The lowest BCUT2D eigenvalue weighted by atomic mass is 10.1. The summed E-state index contributed by atoms with van der Waals surface area (Å²) < 4.78 is 37.8. The van der Waals surface area contributed by atoms with Gasteiger partial charge < -0.3 is 16.2 Å². The number of para-hydroxylation sites is 1. The predicted octanol–water partition coefficient (Wildman–Crippen LogP) is 3.25. The van der Waals surface area contributed by atoms with Gasteiger partial charge in [-0.1, -0.05) is 26.0 Å². The first-order valence-electron chi connectivity index (χ1n) is 6.92. The molecule has 0 unspecified atom stereocenters. The van der Waals surface area contributed by atoms with E-state index in [1.165, 1.54) is 19.1 Å². The van der Waals surface area contributed by atoms with Gasteiger partial charge in [-0.2, -0.15) is 13.2 Å². The maximum Gasteiger partial charge on any atom is 0.418 e. The summed E-state index contributed by atoms with van der Waals surface area (Å²) in [6, 6.07) is 2.97. The van der Waals surface area contributed by atoms with Crippen molar-refractivity contribution in [2.75, 3.05) is 11.2 Å². The van der Waals surface area contributed by atoms with Gasteiger partial charge in [-0.25, -0.2) is 0 Å². The third-order valence-corrected chi connectivity index (χ3v) is 3.21. The molecule has 9 heteroatoms. The van der Waals surface area contributed by atoms with Crippen molar-refractivity contribution in [2.45, 2.75) is 33.0 Å². The summed E-state index contributed by atoms with van der Waals surface area (Å²) in [7, 11) is 0. The molecule has 1 atom stereocenters. The first-order chi connectivity index (χ1) is 10.9. The van der Waals surface area contributed by atoms with Crippen molar-refractivity contribution in [3.05, 3.63) is 29.3 Å². The van der Waals surface area contributed by atoms with E-state index < -0.39 is 29.7 Å². The van der Waals surface area contributed by atoms with Crippen molar-refractivity contribution < 1.29 is 27.9 Å². The molecule has 0 aliphatic carbocycles. The van der Waals surface area contributed by atoms with Gasteiger partial charge in [0, 0.05) is 0 Å². The molecule has 0 aromatic heterocycles. The molecule has 0 aliphatic heterocycles. The highest BCUT2D eigenvalue weighted by atomic mass is 35.5. The Morgan fingerprint density at radius 1 is 1.33 bits per heavy atom. The number of nitrogens with two attached hydrogens (primary N) is 1. The molecule has 1 amide bonds. The number of amides is 1.